The molecule has 0 fully saturated rings. The van der Waals surface area contributed by atoms with E-state index >= 15 is 0 Å². The Bertz CT molecular complexity index is 1680. The van der Waals surface area contributed by atoms with E-state index in [0.717, 1.165) is 27.8 Å². The first kappa shape index (κ1) is 17.4. The van der Waals surface area contributed by atoms with Gasteiger partial charge in [0.15, 0.2) is 0 Å². The Kier molecular flexibility index (Phi) is 3.27. The molecule has 2 aromatic heterocycles. The first-order chi connectivity index (χ1) is 16.4. The van der Waals surface area contributed by atoms with Gasteiger partial charge in [0.05, 0.1) is 5.69 Å². The molecule has 4 aromatic carbocycles. The van der Waals surface area contributed by atoms with E-state index in [9.17, 15) is 0 Å². The molecule has 154 valence electrons. The van der Waals surface area contributed by atoms with Crippen molar-refractivity contribution in [1.29, 1.82) is 0 Å². The minimum absolute atomic E-state index is 0.194. The van der Waals surface area contributed by atoms with Gasteiger partial charge in [-0.05, 0) is 46.0 Å². The normalized spacial score (nSPS) is 17.7. The fourth-order valence-electron chi connectivity index (χ4n) is 6.23. The highest BCUT2D eigenvalue weighted by atomic mass is 16.3. The highest BCUT2D eigenvalue weighted by Crippen LogP contribution is 2.57. The summed E-state index contributed by atoms with van der Waals surface area (Å²) in [5, 5.41) is 2.34. The van der Waals surface area contributed by atoms with Gasteiger partial charge in [0.25, 0.3) is 0 Å². The number of rotatable bonds is 1. The number of benzene rings is 4. The van der Waals surface area contributed by atoms with Crippen LogP contribution in [0.2, 0.25) is 0 Å². The van der Waals surface area contributed by atoms with Gasteiger partial charge in [0.1, 0.15) is 11.2 Å². The summed E-state index contributed by atoms with van der Waals surface area (Å²) < 4.78 is 6.78. The van der Waals surface area contributed by atoms with Crippen LogP contribution < -0.4 is 0 Å². The van der Waals surface area contributed by atoms with Crippen LogP contribution in [0.5, 0.6) is 0 Å². The predicted molar refractivity (Wildman–Crippen MR) is 132 cm³/mol. The van der Waals surface area contributed by atoms with E-state index < -0.39 is 0 Å². The average Bonchev–Trinajstić information content (AvgIpc) is 3.28. The van der Waals surface area contributed by atoms with E-state index in [0.29, 0.717) is 0 Å². The van der Waals surface area contributed by atoms with Gasteiger partial charge in [-0.2, -0.15) is 0 Å². The van der Waals surface area contributed by atoms with E-state index in [4.69, 9.17) is 4.42 Å². The Balaban J connectivity index is 1.49. The summed E-state index contributed by atoms with van der Waals surface area (Å²) in [4.78, 5) is 4.59. The van der Waals surface area contributed by atoms with Crippen molar-refractivity contribution in [1.82, 2.24) is 4.98 Å². The Morgan fingerprint density at radius 3 is 1.88 bits per heavy atom. The van der Waals surface area contributed by atoms with Gasteiger partial charge in [-0.1, -0.05) is 78.9 Å². The fourth-order valence-corrected chi connectivity index (χ4v) is 6.23. The first-order valence-corrected chi connectivity index (χ1v) is 11.5. The van der Waals surface area contributed by atoms with Gasteiger partial charge in [0.2, 0.25) is 0 Å². The Morgan fingerprint density at radius 2 is 1.18 bits per heavy atom. The van der Waals surface area contributed by atoms with Crippen molar-refractivity contribution in [3.05, 3.63) is 137 Å². The van der Waals surface area contributed by atoms with Crippen molar-refractivity contribution >= 4 is 21.9 Å². The zero-order valence-electron chi connectivity index (χ0n) is 17.8. The molecule has 0 aliphatic heterocycles. The van der Waals surface area contributed by atoms with Crippen LogP contribution in [0.4, 0.5) is 0 Å². The van der Waals surface area contributed by atoms with Crippen molar-refractivity contribution in [3.8, 4) is 11.3 Å². The molecule has 0 saturated heterocycles. The number of fused-ring (bicyclic) bond motifs is 3. The molecule has 2 heteroatoms. The maximum Gasteiger partial charge on any atom is 0.144 e. The third kappa shape index (κ3) is 2.15. The Labute approximate surface area is 191 Å². The number of hydrogen-bond acceptors (Lipinski definition) is 2. The van der Waals surface area contributed by atoms with E-state index in [1.165, 1.54) is 38.8 Å². The molecule has 2 bridgehead atoms. The molecule has 0 saturated carbocycles. The van der Waals surface area contributed by atoms with Crippen LogP contribution >= 0.6 is 0 Å². The number of pyridine rings is 1. The highest BCUT2D eigenvalue weighted by molar-refractivity contribution is 6.11. The fraction of sp³-hybridized carbons (Fsp3) is 0.0645. The van der Waals surface area contributed by atoms with Gasteiger partial charge in [-0.25, -0.2) is 0 Å². The van der Waals surface area contributed by atoms with Crippen LogP contribution in [0.1, 0.15) is 45.2 Å². The summed E-state index contributed by atoms with van der Waals surface area (Å²) in [6, 6.07) is 34.9. The lowest BCUT2D eigenvalue weighted by Gasteiger charge is -2.42. The zero-order valence-corrected chi connectivity index (χ0v) is 17.8. The molecular formula is C31H19NO. The van der Waals surface area contributed by atoms with Crippen LogP contribution in [-0.2, 0) is 0 Å². The van der Waals surface area contributed by atoms with Crippen molar-refractivity contribution in [2.75, 3.05) is 0 Å². The minimum Gasteiger partial charge on any atom is -0.455 e. The summed E-state index contributed by atoms with van der Waals surface area (Å²) in [7, 11) is 0. The molecular weight excluding hydrogens is 402 g/mol. The quantitative estimate of drug-likeness (QED) is 0.272. The summed E-state index contributed by atoms with van der Waals surface area (Å²) in [6.07, 6.45) is 1.84. The maximum atomic E-state index is 6.78. The molecule has 0 amide bonds. The predicted octanol–water partition coefficient (Wildman–Crippen LogP) is 7.64. The number of hydrogen-bond donors (Lipinski definition) is 0. The second kappa shape index (κ2) is 6.20. The topological polar surface area (TPSA) is 26.0 Å². The minimum atomic E-state index is 0.194. The van der Waals surface area contributed by atoms with Crippen LogP contribution in [0.3, 0.4) is 0 Å². The molecule has 0 unspecified atom stereocenters. The number of para-hydroxylation sites is 1. The molecule has 6 aromatic rings. The summed E-state index contributed by atoms with van der Waals surface area (Å²) in [6.45, 7) is 0. The van der Waals surface area contributed by atoms with E-state index in [1.807, 2.05) is 24.4 Å². The first-order valence-electron chi connectivity index (χ1n) is 11.5. The summed E-state index contributed by atoms with van der Waals surface area (Å²) >= 11 is 0. The Morgan fingerprint density at radius 1 is 0.515 bits per heavy atom. The molecule has 0 radical (unpaired) electrons. The molecule has 3 aliphatic rings. The van der Waals surface area contributed by atoms with Gasteiger partial charge >= 0.3 is 0 Å². The molecule has 9 rings (SSSR count). The maximum absolute atomic E-state index is 6.78. The van der Waals surface area contributed by atoms with Gasteiger partial charge < -0.3 is 4.42 Å². The van der Waals surface area contributed by atoms with Crippen LogP contribution in [0, 0.1) is 0 Å². The van der Waals surface area contributed by atoms with Crippen LogP contribution in [0.15, 0.2) is 108 Å². The van der Waals surface area contributed by atoms with Crippen molar-refractivity contribution in [2.24, 2.45) is 0 Å². The lowest BCUT2D eigenvalue weighted by atomic mass is 9.61. The lowest BCUT2D eigenvalue weighted by Crippen LogP contribution is -2.27. The highest BCUT2D eigenvalue weighted by Gasteiger charge is 2.42. The molecule has 3 aliphatic carbocycles. The van der Waals surface area contributed by atoms with Crippen molar-refractivity contribution in [3.63, 3.8) is 0 Å². The third-order valence-corrected chi connectivity index (χ3v) is 7.52. The number of nitrogens with zero attached hydrogens (tertiary/aromatic N) is 1. The lowest BCUT2D eigenvalue weighted by molar-refractivity contribution is 0.650. The van der Waals surface area contributed by atoms with Crippen molar-refractivity contribution in [2.45, 2.75) is 11.8 Å². The third-order valence-electron chi connectivity index (χ3n) is 7.52. The van der Waals surface area contributed by atoms with Crippen LogP contribution in [0.25, 0.3) is 33.2 Å². The van der Waals surface area contributed by atoms with E-state index in [2.05, 4.69) is 83.8 Å². The summed E-state index contributed by atoms with van der Waals surface area (Å²) in [5.74, 6) is 0.449. The average molecular weight is 421 g/mol. The smallest absolute Gasteiger partial charge is 0.144 e. The standard InChI is InChI=1S/C31H19NO/c1-3-10-20-18(8-1)27-19-9-2-4-11-21(19)28(20)29-25(27)16-15-23-22-12-7-13-24(30(22)33-31(23)29)26-14-5-6-17-32-26/h1-17,27-28H. The monoisotopic (exact) mass is 421 g/mol. The molecule has 0 spiro atoms. The molecule has 0 N–H and O–H groups in total. The van der Waals surface area contributed by atoms with Crippen LogP contribution in [-0.4, -0.2) is 4.98 Å². The SMILES string of the molecule is c1ccc(-c2cccc3c2oc2c4c(ccc23)C2c3ccccc3C4c3ccccc32)nc1. The number of aromatic nitrogens is 1. The van der Waals surface area contributed by atoms with Gasteiger partial charge in [0, 0.05) is 39.9 Å². The van der Waals surface area contributed by atoms with Gasteiger partial charge in [-0.15, -0.1) is 0 Å². The largest absolute Gasteiger partial charge is 0.455 e. The molecule has 33 heavy (non-hydrogen) atoms. The summed E-state index contributed by atoms with van der Waals surface area (Å²) in [5.41, 5.74) is 12.3. The second-order valence-corrected chi connectivity index (χ2v) is 9.07. The zero-order chi connectivity index (χ0) is 21.5. The Hall–Kier alpha value is -4.17. The van der Waals surface area contributed by atoms with Gasteiger partial charge in [-0.3, -0.25) is 4.98 Å². The molecule has 2 nitrogen and oxygen atoms in total. The van der Waals surface area contributed by atoms with E-state index in [1.54, 1.807) is 0 Å². The van der Waals surface area contributed by atoms with E-state index in [-0.39, 0.29) is 11.8 Å². The van der Waals surface area contributed by atoms with Crippen molar-refractivity contribution < 1.29 is 4.42 Å². The molecule has 0 atom stereocenters. The second-order valence-electron chi connectivity index (χ2n) is 9.07. The molecule has 2 heterocycles. The number of furan rings is 1.